The predicted molar refractivity (Wildman–Crippen MR) is 130 cm³/mol. The fourth-order valence-corrected chi connectivity index (χ4v) is 3.96. The first-order valence-electron chi connectivity index (χ1n) is 11.8. The van der Waals surface area contributed by atoms with Crippen molar-refractivity contribution in [1.82, 2.24) is 15.5 Å². The van der Waals surface area contributed by atoms with E-state index >= 15 is 0 Å². The second-order valence-electron chi connectivity index (χ2n) is 10.0. The van der Waals surface area contributed by atoms with E-state index in [4.69, 9.17) is 11.2 Å². The standard InChI is InChI=1S/C26H37N3O5/c1-7-29(24(32)21(17(2)3)28-25(33)34-26(4,5)6)22(18-13-15-20(30)16-14-18)23(31)27-19-11-9-8-10-12-19/h1,13-17,19,21-22,30H,8-12H2,2-6H3,(H,27,31)(H,28,33). The molecule has 1 fully saturated rings. The van der Waals surface area contributed by atoms with E-state index in [1.165, 1.54) is 12.1 Å². The van der Waals surface area contributed by atoms with Crippen molar-refractivity contribution >= 4 is 17.9 Å². The first kappa shape index (κ1) is 27.0. The summed E-state index contributed by atoms with van der Waals surface area (Å²) >= 11 is 0. The van der Waals surface area contributed by atoms with E-state index in [1.54, 1.807) is 46.8 Å². The number of alkyl carbamates (subject to hydrolysis) is 1. The zero-order valence-corrected chi connectivity index (χ0v) is 20.8. The highest BCUT2D eigenvalue weighted by Crippen LogP contribution is 2.26. The molecule has 3 amide bonds. The number of hydrogen-bond donors (Lipinski definition) is 3. The maximum Gasteiger partial charge on any atom is 0.408 e. The van der Waals surface area contributed by atoms with Gasteiger partial charge in [0.1, 0.15) is 23.4 Å². The lowest BCUT2D eigenvalue weighted by Crippen LogP contribution is -2.54. The molecule has 0 bridgehead atoms. The van der Waals surface area contributed by atoms with Gasteiger partial charge in [-0.25, -0.2) is 4.79 Å². The smallest absolute Gasteiger partial charge is 0.408 e. The molecule has 186 valence electrons. The van der Waals surface area contributed by atoms with Crippen LogP contribution in [-0.4, -0.2) is 45.6 Å². The maximum atomic E-state index is 13.6. The van der Waals surface area contributed by atoms with Gasteiger partial charge in [-0.1, -0.05) is 51.7 Å². The fourth-order valence-electron chi connectivity index (χ4n) is 3.96. The molecule has 34 heavy (non-hydrogen) atoms. The second-order valence-corrected chi connectivity index (χ2v) is 10.0. The Morgan fingerprint density at radius 2 is 1.71 bits per heavy atom. The van der Waals surface area contributed by atoms with E-state index in [0.29, 0.717) is 5.56 Å². The number of carbonyl (C=O) groups excluding carboxylic acids is 3. The molecular weight excluding hydrogens is 434 g/mol. The summed E-state index contributed by atoms with van der Waals surface area (Å²) in [6.07, 6.45) is 9.95. The van der Waals surface area contributed by atoms with Crippen LogP contribution in [0.1, 0.15) is 78.3 Å². The van der Waals surface area contributed by atoms with Crippen LogP contribution in [-0.2, 0) is 14.3 Å². The Morgan fingerprint density at radius 1 is 1.12 bits per heavy atom. The molecule has 0 heterocycles. The summed E-state index contributed by atoms with van der Waals surface area (Å²) in [5.41, 5.74) is -0.285. The highest BCUT2D eigenvalue weighted by molar-refractivity contribution is 5.93. The quantitative estimate of drug-likeness (QED) is 0.414. The average molecular weight is 472 g/mol. The molecule has 0 aromatic heterocycles. The third kappa shape index (κ3) is 7.68. The van der Waals surface area contributed by atoms with E-state index in [2.05, 4.69) is 16.7 Å². The van der Waals surface area contributed by atoms with Crippen molar-refractivity contribution in [2.75, 3.05) is 0 Å². The first-order valence-corrected chi connectivity index (χ1v) is 11.8. The summed E-state index contributed by atoms with van der Waals surface area (Å²) in [6, 6.07) is 6.24. The molecule has 1 aliphatic carbocycles. The highest BCUT2D eigenvalue weighted by atomic mass is 16.6. The predicted octanol–water partition coefficient (Wildman–Crippen LogP) is 3.85. The van der Waals surface area contributed by atoms with Crippen LogP contribution >= 0.6 is 0 Å². The van der Waals surface area contributed by atoms with Gasteiger partial charge < -0.3 is 20.5 Å². The average Bonchev–Trinajstić information content (AvgIpc) is 2.75. The van der Waals surface area contributed by atoms with Crippen LogP contribution in [0.2, 0.25) is 0 Å². The number of rotatable bonds is 7. The molecule has 0 spiro atoms. The monoisotopic (exact) mass is 471 g/mol. The topological polar surface area (TPSA) is 108 Å². The molecule has 1 aromatic rings. The number of benzene rings is 1. The van der Waals surface area contributed by atoms with Crippen molar-refractivity contribution in [2.24, 2.45) is 5.92 Å². The van der Waals surface area contributed by atoms with E-state index in [-0.39, 0.29) is 17.7 Å². The van der Waals surface area contributed by atoms with E-state index in [0.717, 1.165) is 37.0 Å². The minimum atomic E-state index is -1.12. The Hall–Kier alpha value is -3.21. The van der Waals surface area contributed by atoms with Crippen molar-refractivity contribution in [3.63, 3.8) is 0 Å². The van der Waals surface area contributed by atoms with Gasteiger partial charge in [-0.05, 0) is 57.2 Å². The van der Waals surface area contributed by atoms with Crippen molar-refractivity contribution in [1.29, 1.82) is 0 Å². The molecule has 0 radical (unpaired) electrons. The van der Waals surface area contributed by atoms with Gasteiger partial charge in [0.05, 0.1) is 0 Å². The molecule has 1 aromatic carbocycles. The van der Waals surface area contributed by atoms with Crippen molar-refractivity contribution in [3.05, 3.63) is 29.8 Å². The number of carbonyl (C=O) groups is 3. The number of hydrogen-bond acceptors (Lipinski definition) is 5. The Kier molecular flexibility index (Phi) is 9.36. The summed E-state index contributed by atoms with van der Waals surface area (Å²) in [5.74, 6) is -1.29. The van der Waals surface area contributed by atoms with Crippen molar-refractivity contribution in [3.8, 4) is 18.2 Å². The van der Waals surface area contributed by atoms with Gasteiger partial charge >= 0.3 is 6.09 Å². The number of nitrogens with zero attached hydrogens (tertiary/aromatic N) is 1. The SMILES string of the molecule is C#CN(C(=O)C(NC(=O)OC(C)(C)C)C(C)C)C(C(=O)NC1CCCCC1)c1ccc(O)cc1. The van der Waals surface area contributed by atoms with Crippen LogP contribution < -0.4 is 10.6 Å². The number of amides is 3. The number of nitrogens with one attached hydrogen (secondary N) is 2. The van der Waals surface area contributed by atoms with E-state index in [1.807, 2.05) is 0 Å². The maximum absolute atomic E-state index is 13.6. The molecular formula is C26H37N3O5. The number of ether oxygens (including phenoxy) is 1. The third-order valence-corrected chi connectivity index (χ3v) is 5.65. The van der Waals surface area contributed by atoms with Gasteiger partial charge in [-0.3, -0.25) is 14.5 Å². The molecule has 2 atom stereocenters. The van der Waals surface area contributed by atoms with Crippen LogP contribution in [0.15, 0.2) is 24.3 Å². The number of terminal acetylenes is 1. The molecule has 2 unspecified atom stereocenters. The molecule has 0 saturated heterocycles. The summed E-state index contributed by atoms with van der Waals surface area (Å²) in [4.78, 5) is 40.4. The van der Waals surface area contributed by atoms with Crippen LogP contribution in [0.25, 0.3) is 0 Å². The van der Waals surface area contributed by atoms with Crippen molar-refractivity contribution in [2.45, 2.75) is 90.4 Å². The largest absolute Gasteiger partial charge is 0.508 e. The van der Waals surface area contributed by atoms with Crippen LogP contribution in [0, 0.1) is 18.4 Å². The van der Waals surface area contributed by atoms with Crippen LogP contribution in [0.4, 0.5) is 4.79 Å². The molecule has 1 aliphatic rings. The Balaban J connectivity index is 2.35. The Morgan fingerprint density at radius 3 is 2.21 bits per heavy atom. The Bertz CT molecular complexity index is 892. The lowest BCUT2D eigenvalue weighted by Gasteiger charge is -2.33. The van der Waals surface area contributed by atoms with Gasteiger partial charge in [-0.15, -0.1) is 0 Å². The van der Waals surface area contributed by atoms with E-state index in [9.17, 15) is 19.5 Å². The van der Waals surface area contributed by atoms with Crippen LogP contribution in [0.3, 0.4) is 0 Å². The van der Waals surface area contributed by atoms with Gasteiger partial charge in [0.2, 0.25) is 5.91 Å². The molecule has 0 aliphatic heterocycles. The zero-order chi connectivity index (χ0) is 25.5. The van der Waals surface area contributed by atoms with Gasteiger partial charge in [0, 0.05) is 12.1 Å². The summed E-state index contributed by atoms with van der Waals surface area (Å²) in [7, 11) is 0. The second kappa shape index (κ2) is 11.8. The fraction of sp³-hybridized carbons (Fsp3) is 0.577. The zero-order valence-electron chi connectivity index (χ0n) is 20.8. The highest BCUT2D eigenvalue weighted by Gasteiger charge is 2.37. The lowest BCUT2D eigenvalue weighted by atomic mass is 9.94. The lowest BCUT2D eigenvalue weighted by molar-refractivity contribution is -0.139. The summed E-state index contributed by atoms with van der Waals surface area (Å²) in [6.45, 7) is 8.72. The summed E-state index contributed by atoms with van der Waals surface area (Å²) < 4.78 is 5.31. The number of aromatic hydroxyl groups is 1. The minimum Gasteiger partial charge on any atom is -0.508 e. The van der Waals surface area contributed by atoms with Gasteiger partial charge in [0.15, 0.2) is 0 Å². The van der Waals surface area contributed by atoms with Crippen LogP contribution in [0.5, 0.6) is 5.75 Å². The minimum absolute atomic E-state index is 0.0105. The first-order chi connectivity index (χ1) is 15.9. The number of phenols is 1. The molecule has 2 rings (SSSR count). The molecule has 8 heteroatoms. The summed E-state index contributed by atoms with van der Waals surface area (Å²) in [5, 5.41) is 15.4. The van der Waals surface area contributed by atoms with Gasteiger partial charge in [-0.2, -0.15) is 0 Å². The van der Waals surface area contributed by atoms with E-state index < -0.39 is 35.6 Å². The molecule has 3 N–H and O–H groups in total. The molecule has 8 nitrogen and oxygen atoms in total. The molecule has 1 saturated carbocycles. The third-order valence-electron chi connectivity index (χ3n) is 5.65. The number of phenolic OH excluding ortho intramolecular Hbond substituents is 1. The van der Waals surface area contributed by atoms with Gasteiger partial charge in [0.25, 0.3) is 5.91 Å². The van der Waals surface area contributed by atoms with Crippen molar-refractivity contribution < 1.29 is 24.2 Å². The normalized spacial score (nSPS) is 16.1. The Labute approximate surface area is 202 Å².